The summed E-state index contributed by atoms with van der Waals surface area (Å²) in [6.45, 7) is 1.92. The van der Waals surface area contributed by atoms with Gasteiger partial charge < -0.3 is 4.98 Å². The lowest BCUT2D eigenvalue weighted by atomic mass is 9.84. The first kappa shape index (κ1) is 23.4. The van der Waals surface area contributed by atoms with Crippen molar-refractivity contribution in [1.82, 2.24) is 15.4 Å². The molecule has 0 atom stereocenters. The Morgan fingerprint density at radius 2 is 1.69 bits per heavy atom. The van der Waals surface area contributed by atoms with Crippen LogP contribution in [0.4, 0.5) is 0 Å². The minimum Gasteiger partial charge on any atom is -0.333 e. The largest absolute Gasteiger partial charge is 0.333 e. The Balaban J connectivity index is 1.15. The Bertz CT molecular complexity index is 1290. The Hall–Kier alpha value is -3.38. The molecule has 4 aromatic rings. The molecule has 178 valence electrons. The number of nitrogens with one attached hydrogen (secondary N) is 2. The molecule has 6 heteroatoms. The fourth-order valence-electron chi connectivity index (χ4n) is 4.60. The van der Waals surface area contributed by atoms with E-state index in [0.717, 1.165) is 38.8 Å². The van der Waals surface area contributed by atoms with E-state index in [-0.39, 0.29) is 5.91 Å². The Labute approximate surface area is 210 Å². The lowest BCUT2D eigenvalue weighted by Crippen LogP contribution is -2.19. The van der Waals surface area contributed by atoms with Gasteiger partial charge >= 0.3 is 0 Å². The molecule has 1 aromatic heterocycles. The molecule has 0 unspecified atom stereocenters. The average molecular weight is 483 g/mol. The fourth-order valence-corrected chi connectivity index (χ4v) is 5.44. The molecule has 1 fully saturated rings. The third-order valence-electron chi connectivity index (χ3n) is 6.69. The Kier molecular flexibility index (Phi) is 7.28. The molecule has 0 spiro atoms. The number of aromatic amines is 1. The molecule has 0 bridgehead atoms. The number of hydrogen-bond acceptors (Lipinski definition) is 4. The molecular formula is C29H30N4OS. The van der Waals surface area contributed by atoms with Gasteiger partial charge in [0.25, 0.3) is 5.91 Å². The standard InChI is InChI=1S/C29H30N4OS/c1-20(22-15-17-24(18-16-22)23-7-3-2-4-8-23)32-33-28(34)25-13-11-21(12-14-25)19-35-29-30-26-9-5-6-10-27(26)31-29/h5-6,9-18,23H,2-4,7-8,19H2,1H3,(H,30,31)(H,33,34). The number of thioether (sulfide) groups is 1. The first-order chi connectivity index (χ1) is 17.2. The van der Waals surface area contributed by atoms with E-state index in [2.05, 4.69) is 44.8 Å². The highest BCUT2D eigenvalue weighted by molar-refractivity contribution is 7.98. The predicted octanol–water partition coefficient (Wildman–Crippen LogP) is 7.06. The van der Waals surface area contributed by atoms with Crippen molar-refractivity contribution in [1.29, 1.82) is 0 Å². The first-order valence-electron chi connectivity index (χ1n) is 12.3. The van der Waals surface area contributed by atoms with Gasteiger partial charge in [0.2, 0.25) is 0 Å². The van der Waals surface area contributed by atoms with Crippen LogP contribution in [-0.4, -0.2) is 21.6 Å². The summed E-state index contributed by atoms with van der Waals surface area (Å²) in [6.07, 6.45) is 6.62. The monoisotopic (exact) mass is 482 g/mol. The van der Waals surface area contributed by atoms with E-state index in [0.29, 0.717) is 11.5 Å². The topological polar surface area (TPSA) is 70.1 Å². The number of para-hydroxylation sites is 2. The van der Waals surface area contributed by atoms with Crippen molar-refractivity contribution in [2.45, 2.75) is 55.9 Å². The molecule has 5 nitrogen and oxygen atoms in total. The second-order valence-corrected chi connectivity index (χ2v) is 10.1. The van der Waals surface area contributed by atoms with Gasteiger partial charge in [-0.25, -0.2) is 10.4 Å². The minimum absolute atomic E-state index is 0.209. The van der Waals surface area contributed by atoms with Crippen LogP contribution in [0.25, 0.3) is 11.0 Å². The van der Waals surface area contributed by atoms with Crippen molar-refractivity contribution in [3.63, 3.8) is 0 Å². The van der Waals surface area contributed by atoms with E-state index in [1.54, 1.807) is 11.8 Å². The van der Waals surface area contributed by atoms with Crippen LogP contribution in [0.5, 0.6) is 0 Å². The summed E-state index contributed by atoms with van der Waals surface area (Å²) in [4.78, 5) is 20.5. The van der Waals surface area contributed by atoms with Gasteiger partial charge in [-0.05, 0) is 66.6 Å². The molecule has 1 aliphatic rings. The summed E-state index contributed by atoms with van der Waals surface area (Å²) in [6, 6.07) is 24.3. The Morgan fingerprint density at radius 1 is 0.971 bits per heavy atom. The van der Waals surface area contributed by atoms with Crippen molar-refractivity contribution >= 4 is 34.4 Å². The smallest absolute Gasteiger partial charge is 0.271 e. The van der Waals surface area contributed by atoms with Gasteiger partial charge in [-0.1, -0.05) is 79.6 Å². The molecule has 0 radical (unpaired) electrons. The summed E-state index contributed by atoms with van der Waals surface area (Å²) >= 11 is 1.65. The van der Waals surface area contributed by atoms with Crippen LogP contribution in [0.2, 0.25) is 0 Å². The van der Waals surface area contributed by atoms with Gasteiger partial charge in [-0.2, -0.15) is 5.10 Å². The van der Waals surface area contributed by atoms with Crippen LogP contribution in [0.15, 0.2) is 83.1 Å². The highest BCUT2D eigenvalue weighted by atomic mass is 32.2. The van der Waals surface area contributed by atoms with Gasteiger partial charge in [-0.15, -0.1) is 0 Å². The molecule has 1 aliphatic carbocycles. The molecule has 3 aromatic carbocycles. The fraction of sp³-hybridized carbons (Fsp3) is 0.276. The summed E-state index contributed by atoms with van der Waals surface area (Å²) in [5.41, 5.74) is 9.67. The van der Waals surface area contributed by atoms with Crippen LogP contribution in [-0.2, 0) is 5.75 Å². The molecule has 1 amide bonds. The molecular weight excluding hydrogens is 452 g/mol. The molecule has 5 rings (SSSR count). The molecule has 0 aliphatic heterocycles. The maximum Gasteiger partial charge on any atom is 0.271 e. The zero-order chi connectivity index (χ0) is 24.0. The number of H-pyrrole nitrogens is 1. The van der Waals surface area contributed by atoms with E-state index >= 15 is 0 Å². The van der Waals surface area contributed by atoms with Crippen molar-refractivity contribution in [3.05, 3.63) is 95.1 Å². The van der Waals surface area contributed by atoms with E-state index in [1.807, 2.05) is 55.5 Å². The summed E-state index contributed by atoms with van der Waals surface area (Å²) in [5.74, 6) is 1.25. The highest BCUT2D eigenvalue weighted by Gasteiger charge is 2.15. The molecule has 2 N–H and O–H groups in total. The second-order valence-electron chi connectivity index (χ2n) is 9.14. The minimum atomic E-state index is -0.209. The van der Waals surface area contributed by atoms with Crippen molar-refractivity contribution < 1.29 is 4.79 Å². The zero-order valence-electron chi connectivity index (χ0n) is 20.0. The third-order valence-corrected chi connectivity index (χ3v) is 7.63. The number of nitrogens with zero attached hydrogens (tertiary/aromatic N) is 2. The number of aromatic nitrogens is 2. The Morgan fingerprint density at radius 3 is 2.43 bits per heavy atom. The maximum atomic E-state index is 12.6. The van der Waals surface area contributed by atoms with Gasteiger partial charge in [0.05, 0.1) is 16.7 Å². The SMILES string of the molecule is CC(=NNC(=O)c1ccc(CSc2nc3ccccc3[nH]2)cc1)c1ccc(C2CCCCC2)cc1. The number of carbonyl (C=O) groups is 1. The number of carbonyl (C=O) groups excluding carboxylic acids is 1. The first-order valence-corrected chi connectivity index (χ1v) is 13.3. The summed E-state index contributed by atoms with van der Waals surface area (Å²) in [5, 5.41) is 5.23. The summed E-state index contributed by atoms with van der Waals surface area (Å²) < 4.78 is 0. The number of rotatable bonds is 7. The quantitative estimate of drug-likeness (QED) is 0.168. The number of hydrazone groups is 1. The van der Waals surface area contributed by atoms with Gasteiger partial charge in [0.15, 0.2) is 5.16 Å². The molecule has 1 saturated carbocycles. The van der Waals surface area contributed by atoms with Crippen molar-refractivity contribution in [2.75, 3.05) is 0 Å². The second kappa shape index (κ2) is 10.9. The zero-order valence-corrected chi connectivity index (χ0v) is 20.8. The number of fused-ring (bicyclic) bond motifs is 1. The summed E-state index contributed by atoms with van der Waals surface area (Å²) in [7, 11) is 0. The van der Waals surface area contributed by atoms with Crippen LogP contribution in [0.1, 0.15) is 72.0 Å². The van der Waals surface area contributed by atoms with Gasteiger partial charge in [0.1, 0.15) is 0 Å². The molecule has 1 heterocycles. The molecule has 0 saturated heterocycles. The number of amides is 1. The third kappa shape index (κ3) is 5.82. The lowest BCUT2D eigenvalue weighted by Gasteiger charge is -2.22. The van der Waals surface area contributed by atoms with E-state index < -0.39 is 0 Å². The predicted molar refractivity (Wildman–Crippen MR) is 144 cm³/mol. The lowest BCUT2D eigenvalue weighted by molar-refractivity contribution is 0.0955. The maximum absolute atomic E-state index is 12.6. The molecule has 35 heavy (non-hydrogen) atoms. The van der Waals surface area contributed by atoms with Crippen LogP contribution in [0, 0.1) is 0 Å². The highest BCUT2D eigenvalue weighted by Crippen LogP contribution is 2.32. The van der Waals surface area contributed by atoms with Crippen LogP contribution < -0.4 is 5.43 Å². The number of hydrogen-bond donors (Lipinski definition) is 2. The van der Waals surface area contributed by atoms with E-state index in [1.165, 1.54) is 37.7 Å². The number of benzene rings is 3. The van der Waals surface area contributed by atoms with Crippen LogP contribution in [0.3, 0.4) is 0 Å². The number of imidazole rings is 1. The van der Waals surface area contributed by atoms with Crippen LogP contribution >= 0.6 is 11.8 Å². The van der Waals surface area contributed by atoms with Crippen molar-refractivity contribution in [2.24, 2.45) is 5.10 Å². The van der Waals surface area contributed by atoms with E-state index in [4.69, 9.17) is 0 Å². The van der Waals surface area contributed by atoms with E-state index in [9.17, 15) is 4.79 Å². The van der Waals surface area contributed by atoms with Gasteiger partial charge in [0, 0.05) is 11.3 Å². The average Bonchev–Trinajstić information content (AvgIpc) is 3.34. The normalized spacial score (nSPS) is 14.8. The van der Waals surface area contributed by atoms with Crippen molar-refractivity contribution in [3.8, 4) is 0 Å². The van der Waals surface area contributed by atoms with Gasteiger partial charge in [-0.3, -0.25) is 4.79 Å².